The summed E-state index contributed by atoms with van der Waals surface area (Å²) in [5, 5.41) is 0. The van der Waals surface area contributed by atoms with E-state index in [1.165, 1.54) is 4.90 Å². The van der Waals surface area contributed by atoms with Gasteiger partial charge in [0.2, 0.25) is 11.8 Å². The minimum absolute atomic E-state index is 0.162. The number of benzene rings is 1. The molecule has 1 aliphatic heterocycles. The lowest BCUT2D eigenvalue weighted by Gasteiger charge is -2.27. The molecule has 0 radical (unpaired) electrons. The molecule has 2 amide bonds. The molecule has 0 spiro atoms. The van der Waals surface area contributed by atoms with Crippen LogP contribution >= 0.6 is 12.2 Å². The maximum Gasteiger partial charge on any atom is 0.240 e. The molecular weight excluding hydrogens is 272 g/mol. The quantitative estimate of drug-likeness (QED) is 0.678. The van der Waals surface area contributed by atoms with E-state index in [0.717, 1.165) is 5.56 Å². The van der Waals surface area contributed by atoms with Crippen LogP contribution in [0.2, 0.25) is 0 Å². The molecule has 0 saturated carbocycles. The highest BCUT2D eigenvalue weighted by molar-refractivity contribution is 7.80. The largest absolute Gasteiger partial charge is 0.392 e. The molecule has 1 aromatic carbocycles. The summed E-state index contributed by atoms with van der Waals surface area (Å²) < 4.78 is 0. The Bertz CT molecular complexity index is 558. The Morgan fingerprint density at radius 2 is 2.00 bits per heavy atom. The molecule has 2 N–H and O–H groups in total. The Morgan fingerprint density at radius 1 is 1.40 bits per heavy atom. The first-order valence-corrected chi connectivity index (χ1v) is 7.04. The Labute approximate surface area is 123 Å². The number of carbonyl (C=O) groups is 2. The molecule has 0 aliphatic carbocycles. The highest BCUT2D eigenvalue weighted by Crippen LogP contribution is 2.37. The van der Waals surface area contributed by atoms with E-state index in [2.05, 4.69) is 0 Å². The van der Waals surface area contributed by atoms with E-state index in [0.29, 0.717) is 6.42 Å². The van der Waals surface area contributed by atoms with Crippen molar-refractivity contribution in [1.82, 2.24) is 4.90 Å². The lowest BCUT2D eigenvalue weighted by atomic mass is 9.81. The molecule has 0 bridgehead atoms. The Hall–Kier alpha value is -1.75. The summed E-state index contributed by atoms with van der Waals surface area (Å²) in [4.78, 5) is 26.4. The fourth-order valence-electron chi connectivity index (χ4n) is 2.70. The van der Waals surface area contributed by atoms with Crippen LogP contribution in [-0.4, -0.2) is 27.7 Å². The average molecular weight is 290 g/mol. The molecule has 2 atom stereocenters. The number of likely N-dealkylation sites (tertiary alicyclic amines) is 1. The fraction of sp³-hybridized carbons (Fsp3) is 0.400. The zero-order valence-corrected chi connectivity index (χ0v) is 12.4. The molecule has 2 rings (SSSR count). The van der Waals surface area contributed by atoms with Gasteiger partial charge in [-0.2, -0.15) is 0 Å². The van der Waals surface area contributed by atoms with Crippen molar-refractivity contribution in [2.75, 3.05) is 0 Å². The average Bonchev–Trinajstić information content (AvgIpc) is 2.65. The van der Waals surface area contributed by atoms with Gasteiger partial charge in [-0.25, -0.2) is 0 Å². The lowest BCUT2D eigenvalue weighted by molar-refractivity contribution is -0.141. The number of imide groups is 1. The van der Waals surface area contributed by atoms with E-state index in [9.17, 15) is 9.59 Å². The van der Waals surface area contributed by atoms with Crippen LogP contribution in [0.4, 0.5) is 0 Å². The van der Waals surface area contributed by atoms with Gasteiger partial charge in [0.1, 0.15) is 0 Å². The van der Waals surface area contributed by atoms with Gasteiger partial charge in [0.15, 0.2) is 0 Å². The molecule has 1 heterocycles. The highest BCUT2D eigenvalue weighted by atomic mass is 32.1. The summed E-state index contributed by atoms with van der Waals surface area (Å²) in [6, 6.07) is 8.87. The monoisotopic (exact) mass is 290 g/mol. The lowest BCUT2D eigenvalue weighted by Crippen LogP contribution is -2.48. The third kappa shape index (κ3) is 2.22. The van der Waals surface area contributed by atoms with Crippen LogP contribution in [0.1, 0.15) is 32.3 Å². The normalized spacial score (nSPS) is 24.0. The number of nitrogens with two attached hydrogens (primary N) is 1. The zero-order chi connectivity index (χ0) is 14.9. The second-order valence-corrected chi connectivity index (χ2v) is 5.74. The van der Waals surface area contributed by atoms with E-state index in [1.54, 1.807) is 6.92 Å². The van der Waals surface area contributed by atoms with Crippen molar-refractivity contribution in [2.24, 2.45) is 5.73 Å². The molecule has 5 heteroatoms. The van der Waals surface area contributed by atoms with E-state index in [1.807, 2.05) is 37.3 Å². The molecule has 1 fully saturated rings. The first kappa shape index (κ1) is 14.7. The van der Waals surface area contributed by atoms with Crippen molar-refractivity contribution in [3.05, 3.63) is 35.9 Å². The van der Waals surface area contributed by atoms with E-state index in [-0.39, 0.29) is 23.2 Å². The topological polar surface area (TPSA) is 63.4 Å². The van der Waals surface area contributed by atoms with E-state index < -0.39 is 11.5 Å². The Kier molecular flexibility index (Phi) is 3.90. The van der Waals surface area contributed by atoms with Gasteiger partial charge in [-0.3, -0.25) is 14.5 Å². The minimum atomic E-state index is -0.823. The van der Waals surface area contributed by atoms with Gasteiger partial charge in [0.25, 0.3) is 0 Å². The first-order valence-electron chi connectivity index (χ1n) is 6.63. The molecule has 20 heavy (non-hydrogen) atoms. The van der Waals surface area contributed by atoms with Crippen LogP contribution in [0.3, 0.4) is 0 Å². The summed E-state index contributed by atoms with van der Waals surface area (Å²) in [7, 11) is 0. The number of carbonyl (C=O) groups excluding carboxylic acids is 2. The zero-order valence-electron chi connectivity index (χ0n) is 11.6. The molecule has 0 aromatic heterocycles. The van der Waals surface area contributed by atoms with Crippen LogP contribution in [0, 0.1) is 0 Å². The molecule has 1 aliphatic rings. The van der Waals surface area contributed by atoms with Crippen LogP contribution in [0.25, 0.3) is 0 Å². The number of hydrogen-bond donors (Lipinski definition) is 1. The first-order chi connectivity index (χ1) is 9.41. The predicted molar refractivity (Wildman–Crippen MR) is 81.1 cm³/mol. The summed E-state index contributed by atoms with van der Waals surface area (Å²) in [5.74, 6) is -0.422. The Morgan fingerprint density at radius 3 is 2.50 bits per heavy atom. The van der Waals surface area contributed by atoms with Crippen LogP contribution in [-0.2, 0) is 15.0 Å². The third-order valence-corrected chi connectivity index (χ3v) is 4.17. The van der Waals surface area contributed by atoms with Gasteiger partial charge in [0, 0.05) is 6.42 Å². The van der Waals surface area contributed by atoms with Gasteiger partial charge in [-0.15, -0.1) is 0 Å². The summed E-state index contributed by atoms with van der Waals surface area (Å²) in [6.45, 7) is 3.66. The highest BCUT2D eigenvalue weighted by Gasteiger charge is 2.51. The van der Waals surface area contributed by atoms with Gasteiger partial charge in [0.05, 0.1) is 16.4 Å². The van der Waals surface area contributed by atoms with Crippen LogP contribution < -0.4 is 5.73 Å². The Balaban J connectivity index is 2.41. The van der Waals surface area contributed by atoms with E-state index >= 15 is 0 Å². The molecule has 1 saturated heterocycles. The van der Waals surface area contributed by atoms with Crippen LogP contribution in [0.15, 0.2) is 30.3 Å². The second-order valence-electron chi connectivity index (χ2n) is 5.27. The van der Waals surface area contributed by atoms with Gasteiger partial charge in [-0.05, 0) is 18.9 Å². The second kappa shape index (κ2) is 5.32. The summed E-state index contributed by atoms with van der Waals surface area (Å²) in [5.41, 5.74) is 5.69. The van der Waals surface area contributed by atoms with Crippen molar-refractivity contribution >= 4 is 29.0 Å². The predicted octanol–water partition coefficient (Wildman–Crippen LogP) is 1.77. The van der Waals surface area contributed by atoms with Crippen molar-refractivity contribution < 1.29 is 9.59 Å². The fourth-order valence-corrected chi connectivity index (χ4v) is 2.97. The maximum absolute atomic E-state index is 12.7. The number of nitrogens with zero attached hydrogens (tertiary/aromatic N) is 1. The van der Waals surface area contributed by atoms with Gasteiger partial charge >= 0.3 is 0 Å². The molecular formula is C15H18N2O2S. The summed E-state index contributed by atoms with van der Waals surface area (Å²) >= 11 is 4.98. The number of hydrogen-bond acceptors (Lipinski definition) is 3. The van der Waals surface area contributed by atoms with Crippen molar-refractivity contribution in [3.8, 4) is 0 Å². The standard InChI is InChI=1S/C15H18N2O2S/c1-3-11(13(16)20)17-12(18)9-15(2,14(17)19)10-7-5-4-6-8-10/h4-8,11H,3,9H2,1-2H3,(H2,16,20). The maximum atomic E-state index is 12.7. The SMILES string of the molecule is CCC(C(N)=S)N1C(=O)CC(C)(c2ccccc2)C1=O. The molecule has 4 nitrogen and oxygen atoms in total. The molecule has 2 unspecified atom stereocenters. The number of amides is 2. The van der Waals surface area contributed by atoms with E-state index in [4.69, 9.17) is 18.0 Å². The smallest absolute Gasteiger partial charge is 0.240 e. The van der Waals surface area contributed by atoms with Crippen molar-refractivity contribution in [3.63, 3.8) is 0 Å². The van der Waals surface area contributed by atoms with Gasteiger partial charge < -0.3 is 5.73 Å². The summed E-state index contributed by atoms with van der Waals surface area (Å²) in [6.07, 6.45) is 0.701. The van der Waals surface area contributed by atoms with Crippen molar-refractivity contribution in [2.45, 2.75) is 38.1 Å². The minimum Gasteiger partial charge on any atom is -0.392 e. The van der Waals surface area contributed by atoms with Crippen molar-refractivity contribution in [1.29, 1.82) is 0 Å². The van der Waals surface area contributed by atoms with Gasteiger partial charge in [-0.1, -0.05) is 49.5 Å². The number of rotatable bonds is 4. The van der Waals surface area contributed by atoms with Crippen LogP contribution in [0.5, 0.6) is 0 Å². The number of thiocarbonyl (C=S) groups is 1. The molecule has 106 valence electrons. The molecule has 1 aromatic rings. The third-order valence-electron chi connectivity index (χ3n) is 3.90.